The van der Waals surface area contributed by atoms with E-state index >= 15 is 0 Å². The molecule has 2 heterocycles. The van der Waals surface area contributed by atoms with Crippen LogP contribution in [0.1, 0.15) is 44.8 Å². The first-order valence-electron chi connectivity index (χ1n) is 7.51. The summed E-state index contributed by atoms with van der Waals surface area (Å²) in [7, 11) is 1.94. The van der Waals surface area contributed by atoms with E-state index in [4.69, 9.17) is 0 Å². The highest BCUT2D eigenvalue weighted by Gasteiger charge is 2.26. The first-order chi connectivity index (χ1) is 9.50. The van der Waals surface area contributed by atoms with Crippen LogP contribution in [0.15, 0.2) is 18.3 Å². The maximum Gasteiger partial charge on any atom is 0.141 e. The summed E-state index contributed by atoms with van der Waals surface area (Å²) >= 11 is 0. The van der Waals surface area contributed by atoms with Crippen molar-refractivity contribution in [2.75, 3.05) is 26.7 Å². The van der Waals surface area contributed by atoms with E-state index in [0.29, 0.717) is 5.41 Å². The second kappa shape index (κ2) is 6.64. The van der Waals surface area contributed by atoms with Crippen LogP contribution in [-0.4, -0.2) is 36.6 Å². The predicted molar refractivity (Wildman–Crippen MR) is 80.1 cm³/mol. The molecule has 0 spiro atoms. The molecule has 0 radical (unpaired) electrons. The molecule has 1 fully saturated rings. The molecule has 4 heteroatoms. The van der Waals surface area contributed by atoms with Crippen LogP contribution >= 0.6 is 0 Å². The van der Waals surface area contributed by atoms with E-state index in [9.17, 15) is 4.39 Å². The van der Waals surface area contributed by atoms with Crippen molar-refractivity contribution in [2.45, 2.75) is 39.2 Å². The molecule has 1 atom stereocenters. The van der Waals surface area contributed by atoms with E-state index in [0.717, 1.165) is 18.7 Å². The highest BCUT2D eigenvalue weighted by Crippen LogP contribution is 2.28. The van der Waals surface area contributed by atoms with Crippen molar-refractivity contribution in [3.8, 4) is 0 Å². The first kappa shape index (κ1) is 15.4. The van der Waals surface area contributed by atoms with Crippen molar-refractivity contribution in [2.24, 2.45) is 5.41 Å². The lowest BCUT2D eigenvalue weighted by Gasteiger charge is -2.38. The van der Waals surface area contributed by atoms with Gasteiger partial charge in [0.2, 0.25) is 0 Å². The van der Waals surface area contributed by atoms with Crippen LogP contribution in [0.4, 0.5) is 4.39 Å². The third-order valence-electron chi connectivity index (χ3n) is 4.17. The average Bonchev–Trinajstić information content (AvgIpc) is 2.40. The van der Waals surface area contributed by atoms with Crippen molar-refractivity contribution >= 4 is 0 Å². The number of piperidine rings is 1. The van der Waals surface area contributed by atoms with E-state index in [1.807, 2.05) is 7.05 Å². The van der Waals surface area contributed by atoms with Crippen LogP contribution in [0.5, 0.6) is 0 Å². The quantitative estimate of drug-likeness (QED) is 0.898. The fourth-order valence-electron chi connectivity index (χ4n) is 3.08. The fraction of sp³-hybridized carbons (Fsp3) is 0.688. The normalized spacial score (nSPS) is 20.8. The monoisotopic (exact) mass is 279 g/mol. The molecule has 1 saturated heterocycles. The summed E-state index contributed by atoms with van der Waals surface area (Å²) in [6, 6.07) is 3.45. The van der Waals surface area contributed by atoms with Crippen LogP contribution in [0, 0.1) is 11.2 Å². The zero-order valence-corrected chi connectivity index (χ0v) is 12.8. The molecule has 1 N–H and O–H groups in total. The van der Waals surface area contributed by atoms with Crippen LogP contribution in [0.2, 0.25) is 0 Å². The second-order valence-corrected chi connectivity index (χ2v) is 6.58. The summed E-state index contributed by atoms with van der Waals surface area (Å²) < 4.78 is 12.9. The molecule has 1 aliphatic rings. The molecule has 1 aliphatic heterocycles. The number of pyridine rings is 1. The van der Waals surface area contributed by atoms with E-state index in [-0.39, 0.29) is 11.9 Å². The topological polar surface area (TPSA) is 28.2 Å². The maximum absolute atomic E-state index is 12.9. The summed E-state index contributed by atoms with van der Waals surface area (Å²) in [6.45, 7) is 8.11. The lowest BCUT2D eigenvalue weighted by Crippen LogP contribution is -2.41. The van der Waals surface area contributed by atoms with Crippen LogP contribution in [-0.2, 0) is 0 Å². The van der Waals surface area contributed by atoms with Gasteiger partial charge in [-0.3, -0.25) is 4.98 Å². The standard InChI is InChI=1S/C16H26FN3/c1-16(2)8-4-9-20(12-16)10-7-14(18-3)15-6-5-13(17)11-19-15/h5-6,11,14,18H,4,7-10,12H2,1-3H3. The Morgan fingerprint density at radius 3 is 2.85 bits per heavy atom. The highest BCUT2D eigenvalue weighted by atomic mass is 19.1. The molecular weight excluding hydrogens is 253 g/mol. The lowest BCUT2D eigenvalue weighted by atomic mass is 9.84. The molecule has 0 amide bonds. The molecule has 20 heavy (non-hydrogen) atoms. The van der Waals surface area contributed by atoms with Gasteiger partial charge in [0.1, 0.15) is 5.82 Å². The molecule has 1 aromatic heterocycles. The van der Waals surface area contributed by atoms with Crippen LogP contribution in [0.25, 0.3) is 0 Å². The first-order valence-corrected chi connectivity index (χ1v) is 7.51. The van der Waals surface area contributed by atoms with E-state index in [2.05, 4.69) is 29.0 Å². The number of hydrogen-bond donors (Lipinski definition) is 1. The Hall–Kier alpha value is -1.00. The number of rotatable bonds is 5. The highest BCUT2D eigenvalue weighted by molar-refractivity contribution is 5.09. The number of nitrogens with zero attached hydrogens (tertiary/aromatic N) is 2. The van der Waals surface area contributed by atoms with Crippen LogP contribution < -0.4 is 5.32 Å². The molecule has 3 nitrogen and oxygen atoms in total. The Balaban J connectivity index is 1.89. The van der Waals surface area contributed by atoms with Gasteiger partial charge in [-0.05, 0) is 50.4 Å². The number of nitrogens with one attached hydrogen (secondary N) is 1. The Labute approximate surface area is 121 Å². The number of likely N-dealkylation sites (tertiary alicyclic amines) is 1. The van der Waals surface area contributed by atoms with Crippen molar-refractivity contribution in [3.63, 3.8) is 0 Å². The smallest absolute Gasteiger partial charge is 0.141 e. The van der Waals surface area contributed by atoms with Gasteiger partial charge in [-0.2, -0.15) is 0 Å². The van der Waals surface area contributed by atoms with E-state index < -0.39 is 0 Å². The van der Waals surface area contributed by atoms with Gasteiger partial charge < -0.3 is 10.2 Å². The lowest BCUT2D eigenvalue weighted by molar-refractivity contribution is 0.113. The molecule has 112 valence electrons. The molecule has 0 aromatic carbocycles. The largest absolute Gasteiger partial charge is 0.312 e. The van der Waals surface area contributed by atoms with Gasteiger partial charge in [0.25, 0.3) is 0 Å². The van der Waals surface area contributed by atoms with Crippen molar-refractivity contribution in [1.29, 1.82) is 0 Å². The summed E-state index contributed by atoms with van der Waals surface area (Å²) in [5.41, 5.74) is 1.35. The Morgan fingerprint density at radius 1 is 1.45 bits per heavy atom. The minimum absolute atomic E-state index is 0.195. The SMILES string of the molecule is CNC(CCN1CCCC(C)(C)C1)c1ccc(F)cn1. The Kier molecular flexibility index (Phi) is 5.11. The Bertz CT molecular complexity index is 416. The van der Waals surface area contributed by atoms with Gasteiger partial charge in [-0.25, -0.2) is 4.39 Å². The molecule has 1 aromatic rings. The van der Waals surface area contributed by atoms with Gasteiger partial charge in [0.15, 0.2) is 0 Å². The maximum atomic E-state index is 12.9. The zero-order chi connectivity index (χ0) is 14.6. The molecule has 0 aliphatic carbocycles. The third-order valence-corrected chi connectivity index (χ3v) is 4.17. The second-order valence-electron chi connectivity index (χ2n) is 6.58. The van der Waals surface area contributed by atoms with Crippen molar-refractivity contribution < 1.29 is 4.39 Å². The number of halogens is 1. The molecule has 0 bridgehead atoms. The van der Waals surface area contributed by atoms with Gasteiger partial charge >= 0.3 is 0 Å². The minimum atomic E-state index is -0.276. The van der Waals surface area contributed by atoms with Gasteiger partial charge in [0, 0.05) is 13.1 Å². The summed E-state index contributed by atoms with van der Waals surface area (Å²) in [5, 5.41) is 3.29. The number of hydrogen-bond acceptors (Lipinski definition) is 3. The molecule has 2 rings (SSSR count). The van der Waals surface area contributed by atoms with Gasteiger partial charge in [-0.15, -0.1) is 0 Å². The molecular formula is C16H26FN3. The van der Waals surface area contributed by atoms with E-state index in [1.54, 1.807) is 6.07 Å². The van der Waals surface area contributed by atoms with Gasteiger partial charge in [-0.1, -0.05) is 13.8 Å². The Morgan fingerprint density at radius 2 is 2.25 bits per heavy atom. The number of aromatic nitrogens is 1. The predicted octanol–water partition coefficient (Wildman–Crippen LogP) is 2.99. The fourth-order valence-corrected chi connectivity index (χ4v) is 3.08. The minimum Gasteiger partial charge on any atom is -0.312 e. The zero-order valence-electron chi connectivity index (χ0n) is 12.8. The summed E-state index contributed by atoms with van der Waals surface area (Å²) in [6.07, 6.45) is 4.90. The summed E-state index contributed by atoms with van der Waals surface area (Å²) in [4.78, 5) is 6.72. The third kappa shape index (κ3) is 4.25. The van der Waals surface area contributed by atoms with Crippen molar-refractivity contribution in [3.05, 3.63) is 29.8 Å². The summed E-state index contributed by atoms with van der Waals surface area (Å²) in [5.74, 6) is -0.276. The molecule has 1 unspecified atom stereocenters. The van der Waals surface area contributed by atoms with Gasteiger partial charge in [0.05, 0.1) is 17.9 Å². The molecule has 0 saturated carbocycles. The van der Waals surface area contributed by atoms with E-state index in [1.165, 1.54) is 38.2 Å². The van der Waals surface area contributed by atoms with Crippen LogP contribution in [0.3, 0.4) is 0 Å². The van der Waals surface area contributed by atoms with Crippen molar-refractivity contribution in [1.82, 2.24) is 15.2 Å². The average molecular weight is 279 g/mol.